The van der Waals surface area contributed by atoms with E-state index in [0.29, 0.717) is 16.9 Å². The van der Waals surface area contributed by atoms with Crippen molar-refractivity contribution in [3.63, 3.8) is 0 Å². The van der Waals surface area contributed by atoms with Crippen LogP contribution < -0.4 is 0 Å². The van der Waals surface area contributed by atoms with E-state index in [2.05, 4.69) is 19.9 Å². The average Bonchev–Trinajstić information content (AvgIpc) is 2.95. The molecule has 3 fully saturated rings. The van der Waals surface area contributed by atoms with Gasteiger partial charge in [-0.2, -0.15) is 0 Å². The van der Waals surface area contributed by atoms with E-state index in [0.717, 1.165) is 41.8 Å². The number of hydrogen-bond donors (Lipinski definition) is 0. The molecule has 0 unspecified atom stereocenters. The second-order valence-corrected chi connectivity index (χ2v) is 8.22. The SMILES string of the molecule is CC1(C)[C@@H]2[C@@H]3C[C@@H]([C@@H]4C(OC(=O)c5ccccc5)=CC[C@H]34)[C@@H]21. The van der Waals surface area contributed by atoms with Gasteiger partial charge in [0, 0.05) is 5.92 Å². The van der Waals surface area contributed by atoms with Crippen LogP contribution in [0.4, 0.5) is 0 Å². The zero-order chi connectivity index (χ0) is 15.1. The second-order valence-electron chi connectivity index (χ2n) is 8.22. The lowest BCUT2D eigenvalue weighted by molar-refractivity contribution is 0.0556. The van der Waals surface area contributed by atoms with Crippen molar-refractivity contribution in [2.45, 2.75) is 26.7 Å². The zero-order valence-corrected chi connectivity index (χ0v) is 13.2. The second kappa shape index (κ2) is 4.04. The number of carbonyl (C=O) groups excluding carboxylic acids is 1. The molecule has 2 heteroatoms. The third-order valence-corrected chi connectivity index (χ3v) is 7.08. The molecular weight excluding hydrogens is 272 g/mol. The van der Waals surface area contributed by atoms with Gasteiger partial charge in [-0.25, -0.2) is 4.79 Å². The smallest absolute Gasteiger partial charge is 0.343 e. The topological polar surface area (TPSA) is 26.3 Å². The van der Waals surface area contributed by atoms with Gasteiger partial charge < -0.3 is 4.74 Å². The van der Waals surface area contributed by atoms with Gasteiger partial charge in [-0.1, -0.05) is 32.0 Å². The van der Waals surface area contributed by atoms with Crippen LogP contribution in [0.5, 0.6) is 0 Å². The minimum atomic E-state index is -0.193. The van der Waals surface area contributed by atoms with Crippen molar-refractivity contribution < 1.29 is 9.53 Å². The van der Waals surface area contributed by atoms with Crippen LogP contribution in [-0.2, 0) is 4.74 Å². The summed E-state index contributed by atoms with van der Waals surface area (Å²) >= 11 is 0. The molecule has 0 aliphatic heterocycles. The number of allylic oxidation sites excluding steroid dienone is 2. The molecule has 0 radical (unpaired) electrons. The van der Waals surface area contributed by atoms with Gasteiger partial charge in [0.1, 0.15) is 5.76 Å². The Balaban J connectivity index is 1.37. The van der Waals surface area contributed by atoms with Crippen LogP contribution in [-0.4, -0.2) is 5.97 Å². The van der Waals surface area contributed by atoms with Crippen molar-refractivity contribution in [3.05, 3.63) is 47.7 Å². The van der Waals surface area contributed by atoms with Gasteiger partial charge in [-0.3, -0.25) is 0 Å². The lowest BCUT2D eigenvalue weighted by Crippen LogP contribution is -2.23. The van der Waals surface area contributed by atoms with Gasteiger partial charge in [0.15, 0.2) is 0 Å². The van der Waals surface area contributed by atoms with E-state index in [1.807, 2.05) is 30.3 Å². The van der Waals surface area contributed by atoms with Crippen molar-refractivity contribution in [1.29, 1.82) is 0 Å². The molecule has 1 aromatic rings. The Morgan fingerprint density at radius 1 is 1.09 bits per heavy atom. The van der Waals surface area contributed by atoms with Gasteiger partial charge >= 0.3 is 5.97 Å². The van der Waals surface area contributed by atoms with Crippen LogP contribution in [0.3, 0.4) is 0 Å². The molecule has 0 N–H and O–H groups in total. The molecule has 6 atom stereocenters. The maximum Gasteiger partial charge on any atom is 0.343 e. The maximum absolute atomic E-state index is 12.4. The standard InChI is InChI=1S/C20H22O2/c1-20(2)17-13-10-14(18(17)20)16-12(13)8-9-15(16)22-19(21)11-6-4-3-5-7-11/h3-7,9,12-14,16-18H,8,10H2,1-2H3/t12-,13-,14+,16-,17-,18+/m1/s1. The number of rotatable bonds is 2. The van der Waals surface area contributed by atoms with Crippen LogP contribution in [0.15, 0.2) is 42.2 Å². The van der Waals surface area contributed by atoms with Gasteiger partial charge in [0.25, 0.3) is 0 Å². The normalized spacial score (nSPS) is 42.5. The largest absolute Gasteiger partial charge is 0.427 e. The van der Waals surface area contributed by atoms with E-state index in [-0.39, 0.29) is 5.97 Å². The van der Waals surface area contributed by atoms with Crippen molar-refractivity contribution in [3.8, 4) is 0 Å². The monoisotopic (exact) mass is 294 g/mol. The van der Waals surface area contributed by atoms with Crippen molar-refractivity contribution in [2.75, 3.05) is 0 Å². The summed E-state index contributed by atoms with van der Waals surface area (Å²) < 4.78 is 5.82. The highest BCUT2D eigenvalue weighted by molar-refractivity contribution is 5.90. The number of fused-ring (bicyclic) bond motifs is 8. The maximum atomic E-state index is 12.4. The molecule has 0 saturated heterocycles. The van der Waals surface area contributed by atoms with E-state index in [4.69, 9.17) is 4.74 Å². The molecule has 22 heavy (non-hydrogen) atoms. The highest BCUT2D eigenvalue weighted by atomic mass is 16.5. The minimum Gasteiger partial charge on any atom is -0.427 e. The first-order chi connectivity index (χ1) is 10.6. The molecule has 3 saturated carbocycles. The Morgan fingerprint density at radius 3 is 2.59 bits per heavy atom. The van der Waals surface area contributed by atoms with Gasteiger partial charge in [0.05, 0.1) is 5.56 Å². The van der Waals surface area contributed by atoms with Gasteiger partial charge in [0.2, 0.25) is 0 Å². The van der Waals surface area contributed by atoms with E-state index in [1.165, 1.54) is 6.42 Å². The summed E-state index contributed by atoms with van der Waals surface area (Å²) in [6, 6.07) is 9.35. The summed E-state index contributed by atoms with van der Waals surface area (Å²) in [5.41, 5.74) is 1.19. The number of carbonyl (C=O) groups is 1. The predicted molar refractivity (Wildman–Crippen MR) is 83.9 cm³/mol. The number of hydrogen-bond acceptors (Lipinski definition) is 2. The van der Waals surface area contributed by atoms with Crippen molar-refractivity contribution in [2.24, 2.45) is 40.9 Å². The lowest BCUT2D eigenvalue weighted by atomic mass is 9.81. The zero-order valence-electron chi connectivity index (χ0n) is 13.2. The van der Waals surface area contributed by atoms with E-state index < -0.39 is 0 Å². The highest BCUT2D eigenvalue weighted by Gasteiger charge is 2.75. The van der Waals surface area contributed by atoms with Crippen molar-refractivity contribution in [1.82, 2.24) is 0 Å². The summed E-state index contributed by atoms with van der Waals surface area (Å²) in [5, 5.41) is 0. The Kier molecular flexibility index (Phi) is 2.37. The first-order valence-corrected chi connectivity index (χ1v) is 8.56. The molecule has 0 aromatic heterocycles. The molecule has 4 aliphatic rings. The van der Waals surface area contributed by atoms with E-state index >= 15 is 0 Å². The van der Waals surface area contributed by atoms with Crippen LogP contribution in [0, 0.1) is 40.9 Å². The molecule has 5 rings (SSSR count). The third-order valence-electron chi connectivity index (χ3n) is 7.08. The molecule has 0 amide bonds. The molecule has 0 spiro atoms. The van der Waals surface area contributed by atoms with Crippen LogP contribution in [0.25, 0.3) is 0 Å². The Bertz CT molecular complexity index is 672. The summed E-state index contributed by atoms with van der Waals surface area (Å²) in [6.45, 7) is 4.86. The van der Waals surface area contributed by atoms with E-state index in [9.17, 15) is 4.79 Å². The summed E-state index contributed by atoms with van der Waals surface area (Å²) in [7, 11) is 0. The fourth-order valence-corrected chi connectivity index (χ4v) is 6.34. The summed E-state index contributed by atoms with van der Waals surface area (Å²) in [4.78, 5) is 12.4. The van der Waals surface area contributed by atoms with Gasteiger partial charge in [-0.05, 0) is 66.1 Å². The number of esters is 1. The van der Waals surface area contributed by atoms with Crippen molar-refractivity contribution >= 4 is 5.97 Å². The molecule has 0 heterocycles. The number of benzene rings is 1. The van der Waals surface area contributed by atoms with Crippen LogP contribution in [0.1, 0.15) is 37.0 Å². The molecular formula is C20H22O2. The average molecular weight is 294 g/mol. The molecule has 2 nitrogen and oxygen atoms in total. The Labute approximate surface area is 131 Å². The highest BCUT2D eigenvalue weighted by Crippen LogP contribution is 2.80. The summed E-state index contributed by atoms with van der Waals surface area (Å²) in [5.74, 6) is 5.49. The van der Waals surface area contributed by atoms with Crippen LogP contribution >= 0.6 is 0 Å². The first kappa shape index (κ1) is 12.9. The fourth-order valence-electron chi connectivity index (χ4n) is 6.34. The molecule has 4 aliphatic carbocycles. The van der Waals surface area contributed by atoms with E-state index in [1.54, 1.807) is 0 Å². The first-order valence-electron chi connectivity index (χ1n) is 8.56. The Hall–Kier alpha value is -1.57. The quantitative estimate of drug-likeness (QED) is 0.761. The fraction of sp³-hybridized carbons (Fsp3) is 0.550. The Morgan fingerprint density at radius 2 is 1.82 bits per heavy atom. The lowest BCUT2D eigenvalue weighted by Gasteiger charge is -2.26. The van der Waals surface area contributed by atoms with Crippen LogP contribution in [0.2, 0.25) is 0 Å². The molecule has 1 aromatic carbocycles. The van der Waals surface area contributed by atoms with Gasteiger partial charge in [-0.15, -0.1) is 0 Å². The summed E-state index contributed by atoms with van der Waals surface area (Å²) in [6.07, 6.45) is 4.68. The minimum absolute atomic E-state index is 0.193. The number of ether oxygens (including phenoxy) is 1. The molecule has 2 bridgehead atoms. The predicted octanol–water partition coefficient (Wildman–Crippen LogP) is 4.29. The third kappa shape index (κ3) is 1.48. The molecule has 114 valence electrons.